The first kappa shape index (κ1) is 13.0. The van der Waals surface area contributed by atoms with Crippen LogP contribution < -0.4 is 5.32 Å². The molecule has 0 aromatic carbocycles. The number of piperidine rings is 1. The molecule has 90 valence electrons. The van der Waals surface area contributed by atoms with Crippen molar-refractivity contribution in [2.45, 2.75) is 84.1 Å². The van der Waals surface area contributed by atoms with Crippen molar-refractivity contribution in [2.75, 3.05) is 0 Å². The van der Waals surface area contributed by atoms with Gasteiger partial charge >= 0.3 is 0 Å². The number of ether oxygens (including phenoxy) is 1. The summed E-state index contributed by atoms with van der Waals surface area (Å²) in [6.07, 6.45) is 2.55. The van der Waals surface area contributed by atoms with Gasteiger partial charge in [0, 0.05) is 11.1 Å². The molecule has 1 rings (SSSR count). The summed E-state index contributed by atoms with van der Waals surface area (Å²) in [7, 11) is 0. The fourth-order valence-electron chi connectivity index (χ4n) is 2.81. The lowest BCUT2D eigenvalue weighted by Gasteiger charge is -2.47. The summed E-state index contributed by atoms with van der Waals surface area (Å²) in [5.74, 6) is 0. The minimum Gasteiger partial charge on any atom is -0.372 e. The Kier molecular flexibility index (Phi) is 3.24. The molecule has 1 fully saturated rings. The Morgan fingerprint density at radius 2 is 1.40 bits per heavy atom. The summed E-state index contributed by atoms with van der Waals surface area (Å²) in [4.78, 5) is 0. The van der Waals surface area contributed by atoms with Crippen molar-refractivity contribution in [3.05, 3.63) is 0 Å². The minimum absolute atomic E-state index is 0.0336. The van der Waals surface area contributed by atoms with E-state index in [2.05, 4.69) is 53.8 Å². The van der Waals surface area contributed by atoms with Gasteiger partial charge in [-0.2, -0.15) is 0 Å². The second-order valence-corrected chi connectivity index (χ2v) is 7.15. The van der Waals surface area contributed by atoms with Gasteiger partial charge in [0.1, 0.15) is 0 Å². The van der Waals surface area contributed by atoms with Crippen LogP contribution in [0.3, 0.4) is 0 Å². The van der Waals surface area contributed by atoms with Crippen molar-refractivity contribution < 1.29 is 4.74 Å². The van der Waals surface area contributed by atoms with Crippen LogP contribution in [0.2, 0.25) is 0 Å². The van der Waals surface area contributed by atoms with Gasteiger partial charge in [0.15, 0.2) is 0 Å². The lowest BCUT2D eigenvalue weighted by Crippen LogP contribution is -2.60. The Morgan fingerprint density at radius 1 is 1.00 bits per heavy atom. The van der Waals surface area contributed by atoms with Crippen molar-refractivity contribution in [1.82, 2.24) is 5.32 Å². The molecule has 1 saturated heterocycles. The Morgan fingerprint density at radius 3 is 1.73 bits per heavy atom. The van der Waals surface area contributed by atoms with Crippen LogP contribution in [0.15, 0.2) is 0 Å². The molecule has 0 unspecified atom stereocenters. The molecule has 1 aliphatic heterocycles. The van der Waals surface area contributed by atoms with Gasteiger partial charge in [-0.05, 0) is 61.3 Å². The van der Waals surface area contributed by atoms with E-state index in [-0.39, 0.29) is 16.7 Å². The predicted octanol–water partition coefficient (Wildman–Crippen LogP) is 3.11. The van der Waals surface area contributed by atoms with Gasteiger partial charge in [-0.15, -0.1) is 0 Å². The van der Waals surface area contributed by atoms with E-state index in [9.17, 15) is 0 Å². The topological polar surface area (TPSA) is 21.3 Å². The van der Waals surface area contributed by atoms with E-state index in [0.717, 1.165) is 12.8 Å². The average molecular weight is 213 g/mol. The summed E-state index contributed by atoms with van der Waals surface area (Å²) in [6.45, 7) is 15.4. The number of hydrogen-bond donors (Lipinski definition) is 1. The van der Waals surface area contributed by atoms with E-state index < -0.39 is 0 Å². The highest BCUT2D eigenvalue weighted by Crippen LogP contribution is 2.32. The lowest BCUT2D eigenvalue weighted by atomic mass is 9.81. The van der Waals surface area contributed by atoms with Crippen LogP contribution in [-0.2, 0) is 4.74 Å². The van der Waals surface area contributed by atoms with Crippen molar-refractivity contribution in [3.8, 4) is 0 Å². The molecular weight excluding hydrogens is 186 g/mol. The number of hydrogen-bond acceptors (Lipinski definition) is 2. The third-order valence-corrected chi connectivity index (χ3v) is 2.67. The molecule has 0 saturated carbocycles. The molecule has 0 spiro atoms. The lowest BCUT2D eigenvalue weighted by molar-refractivity contribution is -0.0988. The molecule has 15 heavy (non-hydrogen) atoms. The Balaban J connectivity index is 2.68. The molecule has 0 aromatic heterocycles. The molecule has 0 bridgehead atoms. The van der Waals surface area contributed by atoms with Crippen LogP contribution >= 0.6 is 0 Å². The Labute approximate surface area is 94.8 Å². The molecule has 2 heteroatoms. The Hall–Kier alpha value is -0.0800. The molecule has 1 N–H and O–H groups in total. The normalized spacial score (nSPS) is 26.6. The molecular formula is C13H27NO. The summed E-state index contributed by atoms with van der Waals surface area (Å²) in [6, 6.07) is 0. The number of nitrogens with one attached hydrogen (secondary N) is 1. The zero-order valence-corrected chi connectivity index (χ0v) is 11.4. The van der Waals surface area contributed by atoms with E-state index in [1.807, 2.05) is 0 Å². The second-order valence-electron chi connectivity index (χ2n) is 7.15. The van der Waals surface area contributed by atoms with E-state index in [4.69, 9.17) is 4.74 Å². The highest BCUT2D eigenvalue weighted by molar-refractivity contribution is 4.98. The average Bonchev–Trinajstić information content (AvgIpc) is 1.70. The fraction of sp³-hybridized carbons (Fsp3) is 1.00. The van der Waals surface area contributed by atoms with Crippen molar-refractivity contribution >= 4 is 0 Å². The van der Waals surface area contributed by atoms with Gasteiger partial charge in [-0.25, -0.2) is 0 Å². The van der Waals surface area contributed by atoms with Crippen LogP contribution in [0.4, 0.5) is 0 Å². The Bertz CT molecular complexity index is 206. The standard InChI is InChI=1S/C13H27NO/c1-11(2,3)15-10-8-12(4,5)14-13(6,7)9-10/h10,14H,8-9H2,1-7H3. The smallest absolute Gasteiger partial charge is 0.0617 e. The predicted molar refractivity (Wildman–Crippen MR) is 65.2 cm³/mol. The largest absolute Gasteiger partial charge is 0.372 e. The van der Waals surface area contributed by atoms with Crippen LogP contribution in [-0.4, -0.2) is 22.8 Å². The van der Waals surface area contributed by atoms with Crippen molar-refractivity contribution in [2.24, 2.45) is 0 Å². The van der Waals surface area contributed by atoms with Gasteiger partial charge in [0.2, 0.25) is 0 Å². The first-order valence-corrected chi connectivity index (χ1v) is 5.96. The maximum atomic E-state index is 6.11. The van der Waals surface area contributed by atoms with Crippen LogP contribution in [0, 0.1) is 0 Å². The molecule has 0 aliphatic carbocycles. The van der Waals surface area contributed by atoms with Crippen LogP contribution in [0.1, 0.15) is 61.3 Å². The summed E-state index contributed by atoms with van der Waals surface area (Å²) in [5, 5.41) is 3.67. The maximum absolute atomic E-state index is 6.11. The van der Waals surface area contributed by atoms with E-state index in [0.29, 0.717) is 6.10 Å². The highest BCUT2D eigenvalue weighted by atomic mass is 16.5. The summed E-state index contributed by atoms with van der Waals surface area (Å²) < 4.78 is 6.11. The number of rotatable bonds is 1. The summed E-state index contributed by atoms with van der Waals surface area (Å²) >= 11 is 0. The first-order valence-electron chi connectivity index (χ1n) is 5.96. The minimum atomic E-state index is -0.0336. The molecule has 0 amide bonds. The first-order chi connectivity index (χ1) is 6.49. The van der Waals surface area contributed by atoms with Crippen molar-refractivity contribution in [1.29, 1.82) is 0 Å². The zero-order chi connectivity index (χ0) is 11.9. The van der Waals surface area contributed by atoms with E-state index >= 15 is 0 Å². The van der Waals surface area contributed by atoms with Gasteiger partial charge in [0.25, 0.3) is 0 Å². The van der Waals surface area contributed by atoms with Gasteiger partial charge in [-0.3, -0.25) is 0 Å². The van der Waals surface area contributed by atoms with Gasteiger partial charge in [0.05, 0.1) is 11.7 Å². The molecule has 1 aliphatic rings. The maximum Gasteiger partial charge on any atom is 0.0617 e. The van der Waals surface area contributed by atoms with Crippen LogP contribution in [0.5, 0.6) is 0 Å². The van der Waals surface area contributed by atoms with Crippen LogP contribution in [0.25, 0.3) is 0 Å². The third-order valence-electron chi connectivity index (χ3n) is 2.67. The quantitative estimate of drug-likeness (QED) is 0.722. The zero-order valence-electron chi connectivity index (χ0n) is 11.4. The van der Waals surface area contributed by atoms with E-state index in [1.54, 1.807) is 0 Å². The monoisotopic (exact) mass is 213 g/mol. The van der Waals surface area contributed by atoms with E-state index in [1.165, 1.54) is 0 Å². The van der Waals surface area contributed by atoms with Crippen molar-refractivity contribution in [3.63, 3.8) is 0 Å². The molecule has 0 radical (unpaired) electrons. The molecule has 0 atom stereocenters. The molecule has 2 nitrogen and oxygen atoms in total. The highest BCUT2D eigenvalue weighted by Gasteiger charge is 2.39. The fourth-order valence-corrected chi connectivity index (χ4v) is 2.81. The SMILES string of the molecule is CC1(C)CC(OC(C)(C)C)CC(C)(C)N1. The second kappa shape index (κ2) is 3.74. The summed E-state index contributed by atoms with van der Waals surface area (Å²) in [5.41, 5.74) is 0.323. The molecule has 0 aromatic rings. The molecule has 1 heterocycles. The third kappa shape index (κ3) is 4.52. The van der Waals surface area contributed by atoms with Gasteiger partial charge < -0.3 is 10.1 Å². The van der Waals surface area contributed by atoms with Gasteiger partial charge in [-0.1, -0.05) is 0 Å².